The van der Waals surface area contributed by atoms with Crippen molar-refractivity contribution in [3.63, 3.8) is 0 Å². The second-order valence-corrected chi connectivity index (χ2v) is 9.99. The highest BCUT2D eigenvalue weighted by Crippen LogP contribution is 2.37. The summed E-state index contributed by atoms with van der Waals surface area (Å²) in [6.45, 7) is 5.17. The second-order valence-electron chi connectivity index (χ2n) is 9.99. The average Bonchev–Trinajstić information content (AvgIpc) is 3.33. The van der Waals surface area contributed by atoms with E-state index in [1.807, 2.05) is 10.6 Å². The molecule has 0 amide bonds. The number of rotatable bonds is 7. The summed E-state index contributed by atoms with van der Waals surface area (Å²) < 4.78 is 18.5. The Morgan fingerprint density at radius 1 is 1.11 bits per heavy atom. The maximum Gasteiger partial charge on any atom is 0.338 e. The first-order valence-electron chi connectivity index (χ1n) is 12.9. The normalized spacial score (nSPS) is 18.8. The molecule has 2 atom stereocenters. The molecule has 0 aliphatic carbocycles. The lowest BCUT2D eigenvalue weighted by molar-refractivity contribution is 0.0526. The van der Waals surface area contributed by atoms with Gasteiger partial charge in [-0.1, -0.05) is 11.2 Å². The summed E-state index contributed by atoms with van der Waals surface area (Å²) >= 11 is 0. The van der Waals surface area contributed by atoms with Gasteiger partial charge in [0.2, 0.25) is 0 Å². The van der Waals surface area contributed by atoms with E-state index in [4.69, 9.17) is 14.0 Å². The number of fused-ring (bicyclic) bond motifs is 5. The summed E-state index contributed by atoms with van der Waals surface area (Å²) in [6, 6.07) is 15.7. The van der Waals surface area contributed by atoms with Crippen molar-refractivity contribution in [3.8, 4) is 11.5 Å². The Hall–Kier alpha value is -4.11. The lowest BCUT2D eigenvalue weighted by atomic mass is 9.83. The Morgan fingerprint density at radius 3 is 2.76 bits per heavy atom. The highest BCUT2D eigenvalue weighted by Gasteiger charge is 2.35. The molecule has 2 bridgehead atoms. The fourth-order valence-corrected chi connectivity index (χ4v) is 5.76. The fourth-order valence-electron chi connectivity index (χ4n) is 5.76. The van der Waals surface area contributed by atoms with Gasteiger partial charge in [-0.3, -0.25) is 9.69 Å². The van der Waals surface area contributed by atoms with Crippen molar-refractivity contribution in [2.45, 2.75) is 39.0 Å². The van der Waals surface area contributed by atoms with Crippen LogP contribution in [0.3, 0.4) is 0 Å². The smallest absolute Gasteiger partial charge is 0.338 e. The molecule has 6 rings (SSSR count). The highest BCUT2D eigenvalue weighted by atomic mass is 16.5. The minimum Gasteiger partial charge on any atom is -0.507 e. The number of hydrogen-bond acceptors (Lipinski definition) is 8. The van der Waals surface area contributed by atoms with Gasteiger partial charge in [-0.05, 0) is 61.7 Å². The first-order chi connectivity index (χ1) is 18.5. The summed E-state index contributed by atoms with van der Waals surface area (Å²) in [5.41, 5.74) is 3.50. The van der Waals surface area contributed by atoms with Crippen molar-refractivity contribution >= 4 is 16.9 Å². The van der Waals surface area contributed by atoms with E-state index < -0.39 is 0 Å². The van der Waals surface area contributed by atoms with Gasteiger partial charge in [0.25, 0.3) is 5.56 Å². The van der Waals surface area contributed by atoms with Crippen LogP contribution in [-0.2, 0) is 24.4 Å². The molecule has 4 heterocycles. The quantitative estimate of drug-likeness (QED) is 0.367. The number of benzene rings is 2. The minimum atomic E-state index is -0.371. The molecule has 2 aromatic heterocycles. The number of pyridine rings is 1. The van der Waals surface area contributed by atoms with Crippen LogP contribution in [0.15, 0.2) is 63.9 Å². The number of ether oxygens (including phenoxy) is 2. The third-order valence-corrected chi connectivity index (χ3v) is 7.47. The molecule has 1 N–H and O–H groups in total. The number of carbonyl (C=O) groups excluding carboxylic acids is 1. The van der Waals surface area contributed by atoms with E-state index in [0.29, 0.717) is 47.2 Å². The molecular formula is C29H29N3O6. The minimum absolute atomic E-state index is 0.0689. The SMILES string of the molecule is CCOC(=O)c1ccc(OCc2noc3c(CN4C[C@H]5C[C@@H](C4)c4cccc(=O)n4C5)c(O)ccc23)cc1. The van der Waals surface area contributed by atoms with E-state index >= 15 is 0 Å². The maximum atomic E-state index is 12.3. The van der Waals surface area contributed by atoms with Crippen LogP contribution in [0.2, 0.25) is 0 Å². The van der Waals surface area contributed by atoms with Gasteiger partial charge in [0.05, 0.1) is 17.7 Å². The van der Waals surface area contributed by atoms with Crippen molar-refractivity contribution in [2.24, 2.45) is 5.92 Å². The van der Waals surface area contributed by atoms with Crippen molar-refractivity contribution in [1.82, 2.24) is 14.6 Å². The number of phenols is 1. The number of piperidine rings is 1. The number of esters is 1. The van der Waals surface area contributed by atoms with Gasteiger partial charge in [-0.25, -0.2) is 4.79 Å². The number of carbonyl (C=O) groups is 1. The van der Waals surface area contributed by atoms with E-state index in [2.05, 4.69) is 16.1 Å². The highest BCUT2D eigenvalue weighted by molar-refractivity contribution is 5.89. The molecule has 9 nitrogen and oxygen atoms in total. The van der Waals surface area contributed by atoms with Crippen molar-refractivity contribution in [2.75, 3.05) is 19.7 Å². The van der Waals surface area contributed by atoms with Gasteiger partial charge in [0.15, 0.2) is 5.58 Å². The number of aromatic hydroxyl groups is 1. The first-order valence-corrected chi connectivity index (χ1v) is 12.9. The summed E-state index contributed by atoms with van der Waals surface area (Å²) in [5.74, 6) is 1.06. The third-order valence-electron chi connectivity index (χ3n) is 7.47. The number of likely N-dealkylation sites (tertiary alicyclic amines) is 1. The first kappa shape index (κ1) is 24.2. The zero-order valence-electron chi connectivity index (χ0n) is 21.1. The number of aromatic nitrogens is 2. The molecule has 4 aromatic rings. The topological polar surface area (TPSA) is 107 Å². The molecule has 0 unspecified atom stereocenters. The Bertz CT molecular complexity index is 1540. The van der Waals surface area contributed by atoms with Gasteiger partial charge in [0, 0.05) is 49.2 Å². The third kappa shape index (κ3) is 4.54. The molecule has 196 valence electrons. The van der Waals surface area contributed by atoms with E-state index in [1.54, 1.807) is 49.4 Å². The van der Waals surface area contributed by atoms with Crippen LogP contribution in [0, 0.1) is 5.92 Å². The molecule has 0 saturated carbocycles. The standard InChI is InChI=1S/C29H29N3O6/c1-2-36-29(35)19-6-8-21(9-7-19)37-17-24-22-10-11-26(33)23(28(22)38-30-24)16-31-13-18-12-20(15-31)25-4-3-5-27(34)32(25)14-18/h3-11,18,20,33H,2,12-17H2,1H3/t18-,20+/m1/s1. The lowest BCUT2D eigenvalue weighted by Crippen LogP contribution is -2.46. The Morgan fingerprint density at radius 2 is 1.95 bits per heavy atom. The van der Waals surface area contributed by atoms with Crippen molar-refractivity contribution in [3.05, 3.63) is 87.5 Å². The van der Waals surface area contributed by atoms with Gasteiger partial charge < -0.3 is 23.7 Å². The van der Waals surface area contributed by atoms with Crippen LogP contribution in [0.25, 0.3) is 11.0 Å². The van der Waals surface area contributed by atoms with Crippen LogP contribution in [-0.4, -0.2) is 45.4 Å². The molecule has 2 aliphatic heterocycles. The van der Waals surface area contributed by atoms with Gasteiger partial charge >= 0.3 is 5.97 Å². The zero-order valence-corrected chi connectivity index (χ0v) is 21.1. The number of hydrogen-bond donors (Lipinski definition) is 1. The predicted octanol–water partition coefficient (Wildman–Crippen LogP) is 4.07. The predicted molar refractivity (Wildman–Crippen MR) is 139 cm³/mol. The molecule has 38 heavy (non-hydrogen) atoms. The fraction of sp³-hybridized carbons (Fsp3) is 0.345. The second kappa shape index (κ2) is 9.98. The average molecular weight is 516 g/mol. The molecule has 0 radical (unpaired) electrons. The Kier molecular flexibility index (Phi) is 6.37. The number of nitrogens with zero attached hydrogens (tertiary/aromatic N) is 3. The van der Waals surface area contributed by atoms with Crippen molar-refractivity contribution in [1.29, 1.82) is 0 Å². The van der Waals surface area contributed by atoms with Gasteiger partial charge in [0.1, 0.15) is 23.8 Å². The molecular weight excluding hydrogens is 486 g/mol. The van der Waals surface area contributed by atoms with Crippen LogP contribution in [0.5, 0.6) is 11.5 Å². The zero-order chi connectivity index (χ0) is 26.2. The monoisotopic (exact) mass is 515 g/mol. The Labute approximate surface area is 219 Å². The molecule has 1 fully saturated rings. The summed E-state index contributed by atoms with van der Waals surface area (Å²) in [6.07, 6.45) is 1.07. The van der Waals surface area contributed by atoms with Crippen molar-refractivity contribution < 1.29 is 23.9 Å². The largest absolute Gasteiger partial charge is 0.507 e. The summed E-state index contributed by atoms with van der Waals surface area (Å²) in [4.78, 5) is 26.5. The lowest BCUT2D eigenvalue weighted by Gasteiger charge is -2.42. The summed E-state index contributed by atoms with van der Waals surface area (Å²) in [5, 5.41) is 15.8. The molecule has 1 saturated heterocycles. The van der Waals surface area contributed by atoms with E-state index in [0.717, 1.165) is 37.1 Å². The summed E-state index contributed by atoms with van der Waals surface area (Å²) in [7, 11) is 0. The van der Waals surface area contributed by atoms with E-state index in [-0.39, 0.29) is 29.8 Å². The molecule has 2 aromatic carbocycles. The molecule has 2 aliphatic rings. The van der Waals surface area contributed by atoms with Crippen LogP contribution in [0.1, 0.15) is 46.6 Å². The van der Waals surface area contributed by atoms with Gasteiger partial charge in [-0.2, -0.15) is 0 Å². The molecule has 9 heteroatoms. The molecule has 0 spiro atoms. The maximum absolute atomic E-state index is 12.3. The van der Waals surface area contributed by atoms with E-state index in [1.165, 1.54) is 0 Å². The van der Waals surface area contributed by atoms with Crippen LogP contribution in [0.4, 0.5) is 0 Å². The van der Waals surface area contributed by atoms with Gasteiger partial charge in [-0.15, -0.1) is 0 Å². The van der Waals surface area contributed by atoms with Crippen LogP contribution < -0.4 is 10.3 Å². The Balaban J connectivity index is 1.18. The van der Waals surface area contributed by atoms with Crippen LogP contribution >= 0.6 is 0 Å². The van der Waals surface area contributed by atoms with E-state index in [9.17, 15) is 14.7 Å². The number of phenolic OH excluding ortho intramolecular Hbond substituents is 1.